The number of aromatic nitrogens is 3. The average molecular weight is 444 g/mol. The number of carbonyl (C=O) groups is 1. The summed E-state index contributed by atoms with van der Waals surface area (Å²) in [4.78, 5) is 22.9. The predicted molar refractivity (Wildman–Crippen MR) is 121 cm³/mol. The number of piperidine rings is 1. The summed E-state index contributed by atoms with van der Waals surface area (Å²) in [5, 5.41) is 5.33. The Morgan fingerprint density at radius 2 is 1.94 bits per heavy atom. The highest BCUT2D eigenvalue weighted by Crippen LogP contribution is 2.30. The molecule has 1 atom stereocenters. The van der Waals surface area contributed by atoms with Gasteiger partial charge in [0.1, 0.15) is 30.6 Å². The molecule has 1 aromatic carbocycles. The van der Waals surface area contributed by atoms with Crippen molar-refractivity contribution < 1.29 is 14.3 Å². The molecule has 2 aliphatic rings. The molecule has 166 valence electrons. The van der Waals surface area contributed by atoms with Crippen LogP contribution in [0.3, 0.4) is 0 Å². The first kappa shape index (κ1) is 21.7. The van der Waals surface area contributed by atoms with E-state index >= 15 is 0 Å². The maximum atomic E-state index is 12.2. The molecule has 1 fully saturated rings. The van der Waals surface area contributed by atoms with Gasteiger partial charge in [-0.05, 0) is 57.9 Å². The van der Waals surface area contributed by atoms with E-state index in [0.717, 1.165) is 43.1 Å². The second-order valence-corrected chi connectivity index (χ2v) is 9.86. The first-order chi connectivity index (χ1) is 14.9. The maximum Gasteiger partial charge on any atom is 0.410 e. The van der Waals surface area contributed by atoms with Crippen molar-refractivity contribution in [2.45, 2.75) is 45.3 Å². The van der Waals surface area contributed by atoms with Crippen molar-refractivity contribution in [3.05, 3.63) is 36.9 Å². The van der Waals surface area contributed by atoms with Crippen LogP contribution >= 0.6 is 11.8 Å². The van der Waals surface area contributed by atoms with Gasteiger partial charge in [-0.1, -0.05) is 0 Å². The molecule has 1 amide bonds. The van der Waals surface area contributed by atoms with Crippen molar-refractivity contribution >= 4 is 22.9 Å². The van der Waals surface area contributed by atoms with Crippen molar-refractivity contribution in [2.75, 3.05) is 25.4 Å². The molecule has 31 heavy (non-hydrogen) atoms. The van der Waals surface area contributed by atoms with Gasteiger partial charge in [0.05, 0.1) is 16.8 Å². The minimum Gasteiger partial charge on any atom is -0.491 e. The van der Waals surface area contributed by atoms with Gasteiger partial charge >= 0.3 is 6.09 Å². The quantitative estimate of drug-likeness (QED) is 0.699. The molecule has 0 saturated carbocycles. The summed E-state index contributed by atoms with van der Waals surface area (Å²) in [6, 6.07) is 7.96. The number of thioether (sulfide) groups is 1. The third kappa shape index (κ3) is 5.78. The Morgan fingerprint density at radius 3 is 2.58 bits per heavy atom. The zero-order valence-corrected chi connectivity index (χ0v) is 19.0. The molecular weight excluding hydrogens is 414 g/mol. The maximum absolute atomic E-state index is 12.2. The average Bonchev–Trinajstić information content (AvgIpc) is 3.44. The molecule has 0 bridgehead atoms. The highest BCUT2D eigenvalue weighted by molar-refractivity contribution is 8.14. The lowest BCUT2D eigenvalue weighted by Crippen LogP contribution is -2.42. The van der Waals surface area contributed by atoms with E-state index in [9.17, 15) is 4.79 Å². The zero-order chi connectivity index (χ0) is 21.8. The van der Waals surface area contributed by atoms with Crippen LogP contribution in [0.5, 0.6) is 5.75 Å². The fraction of sp³-hybridized carbons (Fsp3) is 0.545. The lowest BCUT2D eigenvalue weighted by Gasteiger charge is -2.33. The van der Waals surface area contributed by atoms with Crippen LogP contribution in [0.2, 0.25) is 0 Å². The van der Waals surface area contributed by atoms with Gasteiger partial charge in [-0.15, -0.1) is 11.8 Å². The molecular formula is C22H29N5O3S. The molecule has 1 unspecified atom stereocenters. The van der Waals surface area contributed by atoms with E-state index in [2.05, 4.69) is 10.1 Å². The Bertz CT molecular complexity index is 900. The number of carbonyl (C=O) groups excluding carboxylic acids is 1. The fourth-order valence-electron chi connectivity index (χ4n) is 3.61. The van der Waals surface area contributed by atoms with E-state index in [-0.39, 0.29) is 12.1 Å². The smallest absolute Gasteiger partial charge is 0.410 e. The van der Waals surface area contributed by atoms with Crippen molar-refractivity contribution in [1.82, 2.24) is 19.7 Å². The lowest BCUT2D eigenvalue weighted by atomic mass is 9.98. The molecule has 2 aromatic rings. The standard InChI is InChI=1S/C22H29N5O3S/c1-22(2,3)30-21(28)26-10-8-16(9-11-26)20-25-17(13-31-20)12-29-19-6-4-18(5-7-19)27-15-23-14-24-27/h4-7,14-17H,8-13H2,1-3H3. The molecule has 9 heteroatoms. The van der Waals surface area contributed by atoms with Crippen LogP contribution < -0.4 is 4.74 Å². The number of amides is 1. The van der Waals surface area contributed by atoms with Gasteiger partial charge < -0.3 is 14.4 Å². The number of aliphatic imine (C=N–C) groups is 1. The summed E-state index contributed by atoms with van der Waals surface area (Å²) in [6.07, 6.45) is 4.83. The Morgan fingerprint density at radius 1 is 1.19 bits per heavy atom. The van der Waals surface area contributed by atoms with Gasteiger partial charge in [-0.25, -0.2) is 14.5 Å². The Hall–Kier alpha value is -2.55. The van der Waals surface area contributed by atoms with Crippen LogP contribution in [0.15, 0.2) is 41.9 Å². The zero-order valence-electron chi connectivity index (χ0n) is 18.2. The number of benzene rings is 1. The number of rotatable bonds is 5. The van der Waals surface area contributed by atoms with Crippen LogP contribution in [0.1, 0.15) is 33.6 Å². The topological polar surface area (TPSA) is 81.8 Å². The Kier molecular flexibility index (Phi) is 6.50. The van der Waals surface area contributed by atoms with Crippen LogP contribution in [0, 0.1) is 5.92 Å². The molecule has 0 N–H and O–H groups in total. The van der Waals surface area contributed by atoms with E-state index in [0.29, 0.717) is 12.5 Å². The Labute approximate surface area is 187 Å². The summed E-state index contributed by atoms with van der Waals surface area (Å²) in [5.74, 6) is 2.19. The molecule has 4 rings (SSSR count). The minimum absolute atomic E-state index is 0.166. The molecule has 2 aliphatic heterocycles. The van der Waals surface area contributed by atoms with Crippen molar-refractivity contribution in [1.29, 1.82) is 0 Å². The third-order valence-corrected chi connectivity index (χ3v) is 6.48. The molecule has 1 aromatic heterocycles. The van der Waals surface area contributed by atoms with Crippen molar-refractivity contribution in [3.8, 4) is 11.4 Å². The minimum atomic E-state index is -0.455. The first-order valence-electron chi connectivity index (χ1n) is 10.6. The summed E-state index contributed by atoms with van der Waals surface area (Å²) < 4.78 is 13.2. The van der Waals surface area contributed by atoms with Gasteiger partial charge in [0, 0.05) is 24.8 Å². The van der Waals surface area contributed by atoms with E-state index in [1.165, 1.54) is 11.4 Å². The Balaban J connectivity index is 1.24. The molecule has 0 radical (unpaired) electrons. The molecule has 1 saturated heterocycles. The van der Waals surface area contributed by atoms with Gasteiger partial charge in [0.15, 0.2) is 0 Å². The van der Waals surface area contributed by atoms with Crippen molar-refractivity contribution in [3.63, 3.8) is 0 Å². The lowest BCUT2D eigenvalue weighted by molar-refractivity contribution is 0.0202. The highest BCUT2D eigenvalue weighted by atomic mass is 32.2. The van der Waals surface area contributed by atoms with E-state index < -0.39 is 5.60 Å². The second-order valence-electron chi connectivity index (χ2n) is 8.82. The number of nitrogens with zero attached hydrogens (tertiary/aromatic N) is 5. The SMILES string of the molecule is CC(C)(C)OC(=O)N1CCC(C2=NC(COc3ccc(-n4cncn4)cc3)CS2)CC1. The fourth-order valence-corrected chi connectivity index (χ4v) is 4.84. The van der Waals surface area contributed by atoms with Crippen molar-refractivity contribution in [2.24, 2.45) is 10.9 Å². The molecule has 3 heterocycles. The predicted octanol–water partition coefficient (Wildman–Crippen LogP) is 3.81. The normalized spacial score (nSPS) is 19.9. The van der Waals surface area contributed by atoms with Gasteiger partial charge in [0.25, 0.3) is 0 Å². The number of hydrogen-bond donors (Lipinski definition) is 0. The highest BCUT2D eigenvalue weighted by Gasteiger charge is 2.31. The van der Waals surface area contributed by atoms with Crippen LogP contribution in [0.4, 0.5) is 4.79 Å². The first-order valence-corrected chi connectivity index (χ1v) is 11.6. The van der Waals surface area contributed by atoms with E-state index in [4.69, 9.17) is 14.5 Å². The monoisotopic (exact) mass is 443 g/mol. The van der Waals surface area contributed by atoms with Gasteiger partial charge in [0.2, 0.25) is 0 Å². The van der Waals surface area contributed by atoms with Gasteiger partial charge in [-0.2, -0.15) is 5.10 Å². The largest absolute Gasteiger partial charge is 0.491 e. The summed E-state index contributed by atoms with van der Waals surface area (Å²) in [5.41, 5.74) is 0.489. The molecule has 0 spiro atoms. The van der Waals surface area contributed by atoms with Crippen LogP contribution in [-0.4, -0.2) is 67.9 Å². The number of ether oxygens (including phenoxy) is 2. The van der Waals surface area contributed by atoms with E-state index in [1.54, 1.807) is 11.0 Å². The van der Waals surface area contributed by atoms with E-state index in [1.807, 2.05) is 61.7 Å². The second kappa shape index (κ2) is 9.30. The molecule has 8 nitrogen and oxygen atoms in total. The van der Waals surface area contributed by atoms with Crippen LogP contribution in [-0.2, 0) is 4.74 Å². The number of hydrogen-bond acceptors (Lipinski definition) is 7. The summed E-state index contributed by atoms with van der Waals surface area (Å²) in [7, 11) is 0. The third-order valence-electron chi connectivity index (χ3n) is 5.19. The summed E-state index contributed by atoms with van der Waals surface area (Å²) in [6.45, 7) is 7.70. The van der Waals surface area contributed by atoms with Crippen LogP contribution in [0.25, 0.3) is 5.69 Å². The summed E-state index contributed by atoms with van der Waals surface area (Å²) >= 11 is 1.83. The number of likely N-dealkylation sites (tertiary alicyclic amines) is 1. The van der Waals surface area contributed by atoms with Gasteiger partial charge in [-0.3, -0.25) is 4.99 Å². The molecule has 0 aliphatic carbocycles.